The monoisotopic (exact) mass is 400 g/mol. The van der Waals surface area contributed by atoms with Gasteiger partial charge in [0.2, 0.25) is 5.91 Å². The number of amides is 2. The first-order chi connectivity index (χ1) is 13.9. The van der Waals surface area contributed by atoms with E-state index in [4.69, 9.17) is 9.47 Å². The van der Waals surface area contributed by atoms with E-state index in [2.05, 4.69) is 10.4 Å². The van der Waals surface area contributed by atoms with Gasteiger partial charge in [0.05, 0.1) is 20.4 Å². The quantitative estimate of drug-likeness (QED) is 0.806. The molecule has 1 aromatic carbocycles. The Labute approximate surface area is 170 Å². The molecule has 1 fully saturated rings. The molecule has 156 valence electrons. The summed E-state index contributed by atoms with van der Waals surface area (Å²) in [5, 5.41) is 7.21. The van der Waals surface area contributed by atoms with Crippen LogP contribution in [-0.4, -0.2) is 53.8 Å². The minimum atomic E-state index is -0.130. The normalized spacial score (nSPS) is 14.7. The number of methoxy groups -OCH3 is 2. The number of benzene rings is 1. The molecule has 2 aromatic rings. The predicted octanol–water partition coefficient (Wildman–Crippen LogP) is 2.97. The van der Waals surface area contributed by atoms with Crippen LogP contribution in [0.5, 0.6) is 11.5 Å². The molecule has 1 aliphatic heterocycles. The van der Waals surface area contributed by atoms with Gasteiger partial charge in [-0.1, -0.05) is 0 Å². The van der Waals surface area contributed by atoms with Crippen LogP contribution in [0.1, 0.15) is 43.1 Å². The molecule has 1 saturated heterocycles. The number of carbonyl (C=O) groups is 2. The second-order valence-corrected chi connectivity index (χ2v) is 7.41. The van der Waals surface area contributed by atoms with Gasteiger partial charge in [0.15, 0.2) is 0 Å². The second-order valence-electron chi connectivity index (χ2n) is 7.41. The SMILES string of the molecule is COc1cc(OC)cc(C(=O)N2CCC(C(=O)Nc3ccnn3C(C)C)CC2)c1. The van der Waals surface area contributed by atoms with E-state index in [1.165, 1.54) is 0 Å². The average molecular weight is 400 g/mol. The standard InChI is InChI=1S/C21H28N4O4/c1-14(2)25-19(5-8-22-25)23-20(26)15-6-9-24(10-7-15)21(27)16-11-17(28-3)13-18(12-16)29-4/h5,8,11-15H,6-7,9-10H2,1-4H3,(H,23,26). The summed E-state index contributed by atoms with van der Waals surface area (Å²) in [6, 6.07) is 7.11. The largest absolute Gasteiger partial charge is 0.497 e. The van der Waals surface area contributed by atoms with Gasteiger partial charge in [0.25, 0.3) is 5.91 Å². The number of ether oxygens (including phenoxy) is 2. The van der Waals surface area contributed by atoms with E-state index >= 15 is 0 Å². The predicted molar refractivity (Wildman–Crippen MR) is 109 cm³/mol. The van der Waals surface area contributed by atoms with Gasteiger partial charge < -0.3 is 19.7 Å². The van der Waals surface area contributed by atoms with Gasteiger partial charge >= 0.3 is 0 Å². The summed E-state index contributed by atoms with van der Waals surface area (Å²) in [4.78, 5) is 27.3. The molecule has 1 aliphatic rings. The van der Waals surface area contributed by atoms with E-state index in [0.717, 1.165) is 0 Å². The Morgan fingerprint density at radius 3 is 2.28 bits per heavy atom. The lowest BCUT2D eigenvalue weighted by Gasteiger charge is -2.31. The molecule has 0 radical (unpaired) electrons. The number of hydrogen-bond donors (Lipinski definition) is 1. The molecule has 29 heavy (non-hydrogen) atoms. The van der Waals surface area contributed by atoms with Crippen molar-refractivity contribution in [1.29, 1.82) is 0 Å². The van der Waals surface area contributed by atoms with Crippen LogP contribution in [0.2, 0.25) is 0 Å². The number of nitrogens with zero attached hydrogens (tertiary/aromatic N) is 3. The Morgan fingerprint density at radius 1 is 1.10 bits per heavy atom. The lowest BCUT2D eigenvalue weighted by atomic mass is 9.95. The molecule has 0 saturated carbocycles. The molecule has 2 heterocycles. The molecule has 0 unspecified atom stereocenters. The average Bonchev–Trinajstić information content (AvgIpc) is 3.21. The maximum absolute atomic E-state index is 12.9. The molecule has 0 atom stereocenters. The maximum Gasteiger partial charge on any atom is 0.254 e. The Hall–Kier alpha value is -3.03. The van der Waals surface area contributed by atoms with Crippen molar-refractivity contribution >= 4 is 17.6 Å². The molecule has 3 rings (SSSR count). The van der Waals surface area contributed by atoms with E-state index in [0.29, 0.717) is 48.8 Å². The van der Waals surface area contributed by atoms with E-state index in [1.54, 1.807) is 54.3 Å². The first kappa shape index (κ1) is 20.7. The summed E-state index contributed by atoms with van der Waals surface area (Å²) >= 11 is 0. The highest BCUT2D eigenvalue weighted by Crippen LogP contribution is 2.26. The number of aromatic nitrogens is 2. The van der Waals surface area contributed by atoms with Crippen molar-refractivity contribution < 1.29 is 19.1 Å². The highest BCUT2D eigenvalue weighted by Gasteiger charge is 2.29. The molecule has 0 aliphatic carbocycles. The van der Waals surface area contributed by atoms with Crippen LogP contribution in [0, 0.1) is 5.92 Å². The van der Waals surface area contributed by atoms with Crippen LogP contribution in [-0.2, 0) is 4.79 Å². The first-order valence-electron chi connectivity index (χ1n) is 9.79. The molecular formula is C21H28N4O4. The zero-order valence-electron chi connectivity index (χ0n) is 17.3. The fraction of sp³-hybridized carbons (Fsp3) is 0.476. The Morgan fingerprint density at radius 2 is 1.72 bits per heavy atom. The Bertz CT molecular complexity index is 847. The summed E-state index contributed by atoms with van der Waals surface area (Å²) in [5.74, 6) is 1.61. The molecule has 8 heteroatoms. The van der Waals surface area contributed by atoms with Crippen LogP contribution in [0.4, 0.5) is 5.82 Å². The number of nitrogens with one attached hydrogen (secondary N) is 1. The fourth-order valence-electron chi connectivity index (χ4n) is 3.51. The van der Waals surface area contributed by atoms with Crippen molar-refractivity contribution in [2.24, 2.45) is 5.92 Å². The van der Waals surface area contributed by atoms with Crippen molar-refractivity contribution in [2.45, 2.75) is 32.7 Å². The molecule has 8 nitrogen and oxygen atoms in total. The zero-order valence-corrected chi connectivity index (χ0v) is 17.3. The number of rotatable bonds is 6. The summed E-state index contributed by atoms with van der Waals surface area (Å²) in [6.45, 7) is 5.08. The molecular weight excluding hydrogens is 372 g/mol. The van der Waals surface area contributed by atoms with Gasteiger partial charge in [-0.25, -0.2) is 4.68 Å². The van der Waals surface area contributed by atoms with Crippen LogP contribution >= 0.6 is 0 Å². The molecule has 2 amide bonds. The number of likely N-dealkylation sites (tertiary alicyclic amines) is 1. The third-order valence-electron chi connectivity index (χ3n) is 5.16. The Kier molecular flexibility index (Phi) is 6.41. The summed E-state index contributed by atoms with van der Waals surface area (Å²) in [7, 11) is 3.11. The summed E-state index contributed by atoms with van der Waals surface area (Å²) < 4.78 is 12.3. The molecule has 0 spiro atoms. The maximum atomic E-state index is 12.9. The van der Waals surface area contributed by atoms with Crippen molar-refractivity contribution in [2.75, 3.05) is 32.6 Å². The van der Waals surface area contributed by atoms with E-state index in [-0.39, 0.29) is 23.8 Å². The van der Waals surface area contributed by atoms with Gasteiger partial charge in [-0.05, 0) is 38.8 Å². The number of carbonyl (C=O) groups excluding carboxylic acids is 2. The molecule has 1 aromatic heterocycles. The van der Waals surface area contributed by atoms with Crippen LogP contribution in [0.3, 0.4) is 0 Å². The van der Waals surface area contributed by atoms with Gasteiger partial charge in [-0.2, -0.15) is 5.10 Å². The van der Waals surface area contributed by atoms with E-state index in [9.17, 15) is 9.59 Å². The van der Waals surface area contributed by atoms with Gasteiger partial charge in [0.1, 0.15) is 17.3 Å². The van der Waals surface area contributed by atoms with Gasteiger partial charge in [-0.15, -0.1) is 0 Å². The molecule has 0 bridgehead atoms. The zero-order chi connectivity index (χ0) is 21.0. The Balaban J connectivity index is 1.60. The van der Waals surface area contributed by atoms with E-state index < -0.39 is 0 Å². The van der Waals surface area contributed by atoms with Crippen LogP contribution in [0.15, 0.2) is 30.5 Å². The van der Waals surface area contributed by atoms with Crippen molar-refractivity contribution in [3.8, 4) is 11.5 Å². The molecule has 1 N–H and O–H groups in total. The highest BCUT2D eigenvalue weighted by atomic mass is 16.5. The van der Waals surface area contributed by atoms with E-state index in [1.807, 2.05) is 13.8 Å². The van der Waals surface area contributed by atoms with Gasteiger partial charge in [-0.3, -0.25) is 9.59 Å². The first-order valence-corrected chi connectivity index (χ1v) is 9.79. The fourth-order valence-corrected chi connectivity index (χ4v) is 3.51. The van der Waals surface area contributed by atoms with Gasteiger partial charge in [0, 0.05) is 42.7 Å². The van der Waals surface area contributed by atoms with Crippen LogP contribution < -0.4 is 14.8 Å². The summed E-state index contributed by atoms with van der Waals surface area (Å²) in [6.07, 6.45) is 2.92. The van der Waals surface area contributed by atoms with Crippen molar-refractivity contribution in [3.05, 3.63) is 36.0 Å². The van der Waals surface area contributed by atoms with Crippen molar-refractivity contribution in [3.63, 3.8) is 0 Å². The third kappa shape index (κ3) is 4.70. The van der Waals surface area contributed by atoms with Crippen molar-refractivity contribution in [1.82, 2.24) is 14.7 Å². The van der Waals surface area contributed by atoms with Crippen LogP contribution in [0.25, 0.3) is 0 Å². The summed E-state index contributed by atoms with van der Waals surface area (Å²) in [5.41, 5.74) is 0.518. The topological polar surface area (TPSA) is 85.7 Å². The number of hydrogen-bond acceptors (Lipinski definition) is 5. The number of piperidine rings is 1. The minimum Gasteiger partial charge on any atom is -0.497 e. The second kappa shape index (κ2) is 8.98. The lowest BCUT2D eigenvalue weighted by molar-refractivity contribution is -0.121. The smallest absolute Gasteiger partial charge is 0.254 e. The highest BCUT2D eigenvalue weighted by molar-refractivity contribution is 5.96. The minimum absolute atomic E-state index is 0.0254. The lowest BCUT2D eigenvalue weighted by Crippen LogP contribution is -2.41. The third-order valence-corrected chi connectivity index (χ3v) is 5.16. The number of anilines is 1.